The van der Waals surface area contributed by atoms with Crippen LogP contribution in [0, 0.1) is 12.3 Å². The summed E-state index contributed by atoms with van der Waals surface area (Å²) in [7, 11) is 0. The summed E-state index contributed by atoms with van der Waals surface area (Å²) in [5.74, 6) is 3.14. The normalized spacial score (nSPS) is 9.77. The van der Waals surface area contributed by atoms with Crippen molar-refractivity contribution in [2.75, 3.05) is 6.61 Å². The number of benzene rings is 1. The molecule has 0 saturated carbocycles. The quantitative estimate of drug-likeness (QED) is 0.688. The molecule has 64 valence electrons. The molecule has 2 rings (SSSR count). The third kappa shape index (κ3) is 1.50. The van der Waals surface area contributed by atoms with Crippen LogP contribution in [0.2, 0.25) is 0 Å². The number of hydrogen-bond acceptors (Lipinski definition) is 1. The zero-order chi connectivity index (χ0) is 9.10. The van der Waals surface area contributed by atoms with Crippen molar-refractivity contribution in [2.24, 2.45) is 0 Å². The maximum Gasteiger partial charge on any atom is 0.192 e. The van der Waals surface area contributed by atoms with Crippen molar-refractivity contribution in [2.45, 2.75) is 0 Å². The predicted molar refractivity (Wildman–Crippen MR) is 52.6 cm³/mol. The molecule has 0 aliphatic carbocycles. The summed E-state index contributed by atoms with van der Waals surface area (Å²) in [5, 5.41) is 1.13. The van der Waals surface area contributed by atoms with E-state index in [9.17, 15) is 0 Å². The molecule has 2 nitrogen and oxygen atoms in total. The van der Waals surface area contributed by atoms with Crippen LogP contribution in [0.15, 0.2) is 30.3 Å². The van der Waals surface area contributed by atoms with Gasteiger partial charge in [-0.15, -0.1) is 6.42 Å². The lowest BCUT2D eigenvalue weighted by atomic mass is 10.3. The van der Waals surface area contributed by atoms with E-state index < -0.39 is 0 Å². The maximum atomic E-state index is 5.25. The molecule has 0 saturated heterocycles. The van der Waals surface area contributed by atoms with E-state index in [0.29, 0.717) is 6.61 Å². The Morgan fingerprint density at radius 1 is 1.38 bits per heavy atom. The molecule has 0 amide bonds. The Kier molecular flexibility index (Phi) is 1.93. The molecule has 0 radical (unpaired) electrons. The topological polar surface area (TPSA) is 25.0 Å². The van der Waals surface area contributed by atoms with Gasteiger partial charge in [-0.25, -0.2) is 0 Å². The van der Waals surface area contributed by atoms with Gasteiger partial charge < -0.3 is 9.72 Å². The number of H-pyrrole nitrogens is 1. The van der Waals surface area contributed by atoms with Crippen LogP contribution in [-0.2, 0) is 0 Å². The monoisotopic (exact) mass is 171 g/mol. The van der Waals surface area contributed by atoms with Crippen LogP contribution in [0.5, 0.6) is 5.88 Å². The summed E-state index contributed by atoms with van der Waals surface area (Å²) >= 11 is 0. The number of aromatic amines is 1. The van der Waals surface area contributed by atoms with Gasteiger partial charge in [-0.05, 0) is 6.07 Å². The second kappa shape index (κ2) is 3.24. The van der Waals surface area contributed by atoms with Gasteiger partial charge in [0.15, 0.2) is 5.88 Å². The van der Waals surface area contributed by atoms with E-state index in [-0.39, 0.29) is 0 Å². The minimum Gasteiger partial charge on any atom is -0.466 e. The molecular formula is C11H9NO. The van der Waals surface area contributed by atoms with E-state index in [1.807, 2.05) is 30.3 Å². The Morgan fingerprint density at radius 3 is 3.00 bits per heavy atom. The Morgan fingerprint density at radius 2 is 2.23 bits per heavy atom. The number of hydrogen-bond donors (Lipinski definition) is 1. The van der Waals surface area contributed by atoms with E-state index in [1.165, 1.54) is 0 Å². The van der Waals surface area contributed by atoms with Crippen LogP contribution in [0.4, 0.5) is 0 Å². The van der Waals surface area contributed by atoms with Crippen molar-refractivity contribution in [3.8, 4) is 18.2 Å². The molecule has 0 bridgehead atoms. The summed E-state index contributed by atoms with van der Waals surface area (Å²) in [4.78, 5) is 3.11. The minimum atomic E-state index is 0.298. The van der Waals surface area contributed by atoms with Gasteiger partial charge in [0.25, 0.3) is 0 Å². The molecule has 0 aliphatic heterocycles. The number of para-hydroxylation sites is 1. The SMILES string of the molecule is C#CCOc1cc2ccccc2[nH]1. The number of ether oxygens (including phenoxy) is 1. The van der Waals surface area contributed by atoms with Crippen molar-refractivity contribution in [3.63, 3.8) is 0 Å². The van der Waals surface area contributed by atoms with E-state index in [4.69, 9.17) is 11.2 Å². The largest absolute Gasteiger partial charge is 0.466 e. The number of aromatic nitrogens is 1. The highest BCUT2D eigenvalue weighted by atomic mass is 16.5. The first-order chi connectivity index (χ1) is 6.40. The highest BCUT2D eigenvalue weighted by Crippen LogP contribution is 2.19. The van der Waals surface area contributed by atoms with Gasteiger partial charge in [0, 0.05) is 17.0 Å². The summed E-state index contributed by atoms with van der Waals surface area (Å²) in [6, 6.07) is 9.92. The summed E-state index contributed by atoms with van der Waals surface area (Å²) in [6.45, 7) is 0.298. The van der Waals surface area contributed by atoms with Gasteiger partial charge in [0.2, 0.25) is 0 Å². The van der Waals surface area contributed by atoms with Crippen molar-refractivity contribution < 1.29 is 4.74 Å². The third-order valence-electron chi connectivity index (χ3n) is 1.82. The maximum absolute atomic E-state index is 5.25. The van der Waals surface area contributed by atoms with E-state index in [1.54, 1.807) is 0 Å². The Hall–Kier alpha value is -1.88. The lowest BCUT2D eigenvalue weighted by molar-refractivity contribution is 0.358. The molecule has 1 N–H and O–H groups in total. The van der Waals surface area contributed by atoms with Crippen LogP contribution < -0.4 is 4.74 Å². The van der Waals surface area contributed by atoms with Gasteiger partial charge in [0.1, 0.15) is 6.61 Å². The van der Waals surface area contributed by atoms with Gasteiger partial charge >= 0.3 is 0 Å². The Balaban J connectivity index is 2.34. The first-order valence-electron chi connectivity index (χ1n) is 4.04. The summed E-state index contributed by atoms with van der Waals surface area (Å²) in [5.41, 5.74) is 1.06. The molecule has 2 heteroatoms. The van der Waals surface area contributed by atoms with Gasteiger partial charge in [0.05, 0.1) is 0 Å². The number of fused-ring (bicyclic) bond motifs is 1. The van der Waals surface area contributed by atoms with Gasteiger partial charge in [-0.1, -0.05) is 24.1 Å². The minimum absolute atomic E-state index is 0.298. The molecule has 0 unspecified atom stereocenters. The van der Waals surface area contributed by atoms with Crippen molar-refractivity contribution >= 4 is 10.9 Å². The Bertz CT molecular complexity index is 417. The second-order valence-corrected chi connectivity index (χ2v) is 2.71. The lowest BCUT2D eigenvalue weighted by Crippen LogP contribution is -1.92. The smallest absolute Gasteiger partial charge is 0.192 e. The Labute approximate surface area is 76.5 Å². The van der Waals surface area contributed by atoms with Crippen molar-refractivity contribution in [3.05, 3.63) is 30.3 Å². The second-order valence-electron chi connectivity index (χ2n) is 2.71. The molecule has 0 spiro atoms. The number of terminal acetylenes is 1. The standard InChI is InChI=1S/C11H9NO/c1-2-7-13-11-8-9-5-3-4-6-10(9)12-11/h1,3-6,8,12H,7H2. The van der Waals surface area contributed by atoms with Crippen LogP contribution in [0.1, 0.15) is 0 Å². The first-order valence-corrected chi connectivity index (χ1v) is 4.04. The molecule has 1 aromatic heterocycles. The van der Waals surface area contributed by atoms with Gasteiger partial charge in [-0.3, -0.25) is 0 Å². The van der Waals surface area contributed by atoms with Crippen LogP contribution in [0.25, 0.3) is 10.9 Å². The molecule has 1 aromatic carbocycles. The molecule has 1 heterocycles. The number of rotatable bonds is 2. The van der Waals surface area contributed by atoms with Crippen molar-refractivity contribution in [1.29, 1.82) is 0 Å². The third-order valence-corrected chi connectivity index (χ3v) is 1.82. The predicted octanol–water partition coefficient (Wildman–Crippen LogP) is 2.18. The van der Waals surface area contributed by atoms with Crippen LogP contribution >= 0.6 is 0 Å². The average molecular weight is 171 g/mol. The lowest BCUT2D eigenvalue weighted by Gasteiger charge is -1.94. The zero-order valence-electron chi connectivity index (χ0n) is 7.08. The van der Waals surface area contributed by atoms with E-state index in [0.717, 1.165) is 16.8 Å². The highest BCUT2D eigenvalue weighted by molar-refractivity contribution is 5.81. The molecule has 0 fully saturated rings. The fourth-order valence-corrected chi connectivity index (χ4v) is 1.24. The van der Waals surface area contributed by atoms with Crippen LogP contribution in [0.3, 0.4) is 0 Å². The summed E-state index contributed by atoms with van der Waals surface area (Å²) < 4.78 is 5.25. The molecule has 0 aliphatic rings. The zero-order valence-corrected chi connectivity index (χ0v) is 7.08. The molecule has 13 heavy (non-hydrogen) atoms. The summed E-state index contributed by atoms with van der Waals surface area (Å²) in [6.07, 6.45) is 5.08. The van der Waals surface area contributed by atoms with Gasteiger partial charge in [-0.2, -0.15) is 0 Å². The van der Waals surface area contributed by atoms with Crippen LogP contribution in [-0.4, -0.2) is 11.6 Å². The fraction of sp³-hybridized carbons (Fsp3) is 0.0909. The van der Waals surface area contributed by atoms with E-state index in [2.05, 4.69) is 10.9 Å². The first kappa shape index (κ1) is 7.75. The molecule has 2 aromatic rings. The van der Waals surface area contributed by atoms with E-state index >= 15 is 0 Å². The molecular weight excluding hydrogens is 162 g/mol. The fourth-order valence-electron chi connectivity index (χ4n) is 1.24. The average Bonchev–Trinajstić information content (AvgIpc) is 2.57. The molecule has 0 atom stereocenters. The highest BCUT2D eigenvalue weighted by Gasteiger charge is 1.98. The number of nitrogens with one attached hydrogen (secondary N) is 1. The van der Waals surface area contributed by atoms with Crippen molar-refractivity contribution in [1.82, 2.24) is 4.98 Å².